The molecule has 3 heterocycles. The zero-order valence-corrected chi connectivity index (χ0v) is 15.5. The van der Waals surface area contributed by atoms with Crippen LogP contribution in [0.4, 0.5) is 0 Å². The quantitative estimate of drug-likeness (QED) is 0.781. The van der Waals surface area contributed by atoms with Gasteiger partial charge >= 0.3 is 0 Å². The summed E-state index contributed by atoms with van der Waals surface area (Å²) in [7, 11) is 3.32. The summed E-state index contributed by atoms with van der Waals surface area (Å²) in [5.74, 6) is -0.416. The summed E-state index contributed by atoms with van der Waals surface area (Å²) in [5.41, 5.74) is 2.80. The molecule has 3 rings (SSSR count). The van der Waals surface area contributed by atoms with Gasteiger partial charge in [0.25, 0.3) is 5.91 Å². The number of hydrogen-bond acceptors (Lipinski definition) is 4. The van der Waals surface area contributed by atoms with Crippen molar-refractivity contribution in [3.05, 3.63) is 46.7 Å². The van der Waals surface area contributed by atoms with Crippen molar-refractivity contribution in [3.8, 4) is 5.69 Å². The SMILES string of the molecule is Cc1cc(C)c2c(-n3cccc3)c(C(=O)NCC(=O)N(C)C)sc2n1. The minimum absolute atomic E-state index is 0.0311. The van der Waals surface area contributed by atoms with Crippen molar-refractivity contribution in [2.45, 2.75) is 13.8 Å². The fourth-order valence-electron chi connectivity index (χ4n) is 2.70. The van der Waals surface area contributed by atoms with Crippen LogP contribution in [0.1, 0.15) is 20.9 Å². The summed E-state index contributed by atoms with van der Waals surface area (Å²) in [6.45, 7) is 3.93. The third-order valence-electron chi connectivity index (χ3n) is 3.93. The van der Waals surface area contributed by atoms with Crippen LogP contribution in [0.25, 0.3) is 15.9 Å². The lowest BCUT2D eigenvalue weighted by molar-refractivity contribution is -0.127. The summed E-state index contributed by atoms with van der Waals surface area (Å²) in [5, 5.41) is 3.69. The monoisotopic (exact) mass is 356 g/mol. The Labute approximate surface area is 150 Å². The molecule has 0 bridgehead atoms. The van der Waals surface area contributed by atoms with Crippen LogP contribution in [0, 0.1) is 13.8 Å². The molecule has 2 amide bonds. The number of pyridine rings is 1. The molecule has 0 aliphatic heterocycles. The molecule has 7 heteroatoms. The van der Waals surface area contributed by atoms with Gasteiger partial charge in [-0.15, -0.1) is 11.3 Å². The largest absolute Gasteiger partial charge is 0.347 e. The van der Waals surface area contributed by atoms with Gasteiger partial charge in [-0.2, -0.15) is 0 Å². The van der Waals surface area contributed by atoms with E-state index in [-0.39, 0.29) is 18.4 Å². The molecule has 6 nitrogen and oxygen atoms in total. The molecule has 0 atom stereocenters. The topological polar surface area (TPSA) is 67.2 Å². The Morgan fingerprint density at radius 2 is 1.92 bits per heavy atom. The van der Waals surface area contributed by atoms with E-state index in [1.54, 1.807) is 14.1 Å². The summed E-state index contributed by atoms with van der Waals surface area (Å²) >= 11 is 1.35. The number of nitrogens with one attached hydrogen (secondary N) is 1. The molecule has 1 N–H and O–H groups in total. The van der Waals surface area contributed by atoms with Crippen LogP contribution in [0.15, 0.2) is 30.6 Å². The first-order valence-corrected chi connectivity index (χ1v) is 8.72. The molecule has 130 valence electrons. The normalized spacial score (nSPS) is 10.9. The molecular formula is C18H20N4O2S. The summed E-state index contributed by atoms with van der Waals surface area (Å²) in [4.78, 5) is 31.9. The predicted molar refractivity (Wildman–Crippen MR) is 99.4 cm³/mol. The van der Waals surface area contributed by atoms with Crippen LogP contribution in [-0.4, -0.2) is 46.9 Å². The van der Waals surface area contributed by atoms with Crippen LogP contribution in [0.3, 0.4) is 0 Å². The van der Waals surface area contributed by atoms with Crippen LogP contribution < -0.4 is 5.32 Å². The second-order valence-electron chi connectivity index (χ2n) is 6.10. The number of carbonyl (C=O) groups is 2. The summed E-state index contributed by atoms with van der Waals surface area (Å²) < 4.78 is 1.92. The maximum absolute atomic E-state index is 12.7. The molecule has 25 heavy (non-hydrogen) atoms. The molecule has 3 aromatic heterocycles. The molecule has 3 aromatic rings. The van der Waals surface area contributed by atoms with Crippen molar-refractivity contribution >= 4 is 33.4 Å². The number of nitrogens with zero attached hydrogens (tertiary/aromatic N) is 3. The van der Waals surface area contributed by atoms with E-state index in [9.17, 15) is 9.59 Å². The number of rotatable bonds is 4. The number of aromatic nitrogens is 2. The van der Waals surface area contributed by atoms with E-state index in [0.717, 1.165) is 27.2 Å². The zero-order chi connectivity index (χ0) is 18.1. The van der Waals surface area contributed by atoms with Gasteiger partial charge in [-0.25, -0.2) is 4.98 Å². The van der Waals surface area contributed by atoms with Gasteiger partial charge in [0.15, 0.2) is 0 Å². The first kappa shape index (κ1) is 17.2. The molecule has 0 unspecified atom stereocenters. The second kappa shape index (κ2) is 6.68. The van der Waals surface area contributed by atoms with Crippen molar-refractivity contribution in [3.63, 3.8) is 0 Å². The maximum Gasteiger partial charge on any atom is 0.264 e. The van der Waals surface area contributed by atoms with Crippen molar-refractivity contribution in [1.82, 2.24) is 19.8 Å². The van der Waals surface area contributed by atoms with Crippen molar-refractivity contribution < 1.29 is 9.59 Å². The molecule has 0 aliphatic carbocycles. The van der Waals surface area contributed by atoms with E-state index in [1.165, 1.54) is 16.2 Å². The zero-order valence-electron chi connectivity index (χ0n) is 14.7. The number of likely N-dealkylation sites (N-methyl/N-ethyl adjacent to an activating group) is 1. The lowest BCUT2D eigenvalue weighted by Crippen LogP contribution is -2.36. The first-order chi connectivity index (χ1) is 11.9. The number of amides is 2. The smallest absolute Gasteiger partial charge is 0.264 e. The van der Waals surface area contributed by atoms with E-state index in [0.29, 0.717) is 4.88 Å². The van der Waals surface area contributed by atoms with Crippen molar-refractivity contribution in [2.75, 3.05) is 20.6 Å². The Bertz CT molecular complexity index is 942. The fraction of sp³-hybridized carbons (Fsp3) is 0.278. The van der Waals surface area contributed by atoms with Gasteiger partial charge < -0.3 is 14.8 Å². The molecule has 0 saturated carbocycles. The highest BCUT2D eigenvalue weighted by molar-refractivity contribution is 7.21. The molecular weight excluding hydrogens is 336 g/mol. The molecule has 0 aliphatic rings. The van der Waals surface area contributed by atoms with Crippen LogP contribution >= 0.6 is 11.3 Å². The van der Waals surface area contributed by atoms with Gasteiger partial charge in [-0.05, 0) is 37.6 Å². The highest BCUT2D eigenvalue weighted by Crippen LogP contribution is 2.35. The lowest BCUT2D eigenvalue weighted by Gasteiger charge is -2.11. The number of thiophene rings is 1. The van der Waals surface area contributed by atoms with Crippen molar-refractivity contribution in [1.29, 1.82) is 0 Å². The minimum atomic E-state index is -0.265. The lowest BCUT2D eigenvalue weighted by atomic mass is 10.1. The highest BCUT2D eigenvalue weighted by atomic mass is 32.1. The Morgan fingerprint density at radius 3 is 2.56 bits per heavy atom. The fourth-order valence-corrected chi connectivity index (χ4v) is 3.91. The molecule has 0 fully saturated rings. The average molecular weight is 356 g/mol. The van der Waals surface area contributed by atoms with E-state index >= 15 is 0 Å². The van der Waals surface area contributed by atoms with E-state index < -0.39 is 0 Å². The third kappa shape index (κ3) is 3.28. The predicted octanol–water partition coefficient (Wildman–Crippen LogP) is 2.52. The van der Waals surface area contributed by atoms with E-state index in [4.69, 9.17) is 0 Å². The third-order valence-corrected chi connectivity index (χ3v) is 5.00. The highest BCUT2D eigenvalue weighted by Gasteiger charge is 2.22. The molecule has 0 radical (unpaired) electrons. The van der Waals surface area contributed by atoms with Gasteiger partial charge in [0, 0.05) is 37.6 Å². The van der Waals surface area contributed by atoms with Gasteiger partial charge in [0.1, 0.15) is 9.71 Å². The van der Waals surface area contributed by atoms with Gasteiger partial charge in [0.2, 0.25) is 5.91 Å². The van der Waals surface area contributed by atoms with Crippen molar-refractivity contribution in [2.24, 2.45) is 0 Å². The Hall–Kier alpha value is -2.67. The first-order valence-electron chi connectivity index (χ1n) is 7.91. The van der Waals surface area contributed by atoms with E-state index in [1.807, 2.05) is 49.0 Å². The molecule has 0 spiro atoms. The summed E-state index contributed by atoms with van der Waals surface area (Å²) in [6, 6.07) is 5.84. The van der Waals surface area contributed by atoms with Gasteiger partial charge in [-0.3, -0.25) is 9.59 Å². The number of carbonyl (C=O) groups excluding carboxylic acids is 2. The average Bonchev–Trinajstić information content (AvgIpc) is 3.18. The van der Waals surface area contributed by atoms with Crippen LogP contribution in [0.5, 0.6) is 0 Å². The molecule has 0 aromatic carbocycles. The van der Waals surface area contributed by atoms with Crippen LogP contribution in [0.2, 0.25) is 0 Å². The van der Waals surface area contributed by atoms with Gasteiger partial charge in [0.05, 0.1) is 12.2 Å². The second-order valence-corrected chi connectivity index (χ2v) is 7.10. The maximum atomic E-state index is 12.7. The number of aryl methyl sites for hydroxylation is 2. The Balaban J connectivity index is 2.08. The number of fused-ring (bicyclic) bond motifs is 1. The van der Waals surface area contributed by atoms with E-state index in [2.05, 4.69) is 10.3 Å². The van der Waals surface area contributed by atoms with Crippen LogP contribution in [-0.2, 0) is 4.79 Å². The molecule has 0 saturated heterocycles. The number of hydrogen-bond donors (Lipinski definition) is 1. The van der Waals surface area contributed by atoms with Gasteiger partial charge in [-0.1, -0.05) is 0 Å². The minimum Gasteiger partial charge on any atom is -0.347 e. The Kier molecular flexibility index (Phi) is 4.59. The standard InChI is InChI=1S/C18H20N4O2S/c1-11-9-12(2)20-18-14(11)15(22-7-5-6-8-22)16(25-18)17(24)19-10-13(23)21(3)4/h5-9H,10H2,1-4H3,(H,19,24). The summed E-state index contributed by atoms with van der Waals surface area (Å²) in [6.07, 6.45) is 3.81. The Morgan fingerprint density at radius 1 is 1.24 bits per heavy atom.